The second-order valence-corrected chi connectivity index (χ2v) is 14.8. The van der Waals surface area contributed by atoms with Crippen molar-refractivity contribution in [2.75, 3.05) is 0 Å². The molecule has 0 fully saturated rings. The quantitative estimate of drug-likeness (QED) is 0.194. The van der Waals surface area contributed by atoms with Crippen LogP contribution in [0.15, 0.2) is 178 Å². The number of benzene rings is 7. The van der Waals surface area contributed by atoms with Crippen LogP contribution in [0.25, 0.3) is 71.8 Å². The number of furan rings is 1. The highest BCUT2D eigenvalue weighted by Gasteiger charge is 2.26. The summed E-state index contributed by atoms with van der Waals surface area (Å²) in [5.41, 5.74) is 11.5. The summed E-state index contributed by atoms with van der Waals surface area (Å²) >= 11 is 0. The molecule has 7 aromatic carbocycles. The van der Waals surface area contributed by atoms with E-state index < -0.39 is 0 Å². The molecule has 2 aliphatic carbocycles. The fourth-order valence-corrected chi connectivity index (χ4v) is 8.64. The Morgan fingerprint density at radius 3 is 2.31 bits per heavy atom. The predicted molar refractivity (Wildman–Crippen MR) is 230 cm³/mol. The molecule has 8 aromatic rings. The van der Waals surface area contributed by atoms with Crippen LogP contribution in [-0.4, -0.2) is 11.7 Å². The minimum absolute atomic E-state index is 0.115. The molecule has 0 saturated carbocycles. The van der Waals surface area contributed by atoms with E-state index in [2.05, 4.69) is 169 Å². The van der Waals surface area contributed by atoms with E-state index in [0.29, 0.717) is 0 Å². The smallest absolute Gasteiger partial charge is 0.147 e. The van der Waals surface area contributed by atoms with E-state index in [1.54, 1.807) is 0 Å². The maximum absolute atomic E-state index is 6.76. The van der Waals surface area contributed by atoms with Crippen LogP contribution < -0.4 is 5.32 Å². The van der Waals surface area contributed by atoms with Crippen LogP contribution >= 0.6 is 0 Å². The van der Waals surface area contributed by atoms with Crippen LogP contribution in [0, 0.1) is 5.92 Å². The van der Waals surface area contributed by atoms with Crippen molar-refractivity contribution in [3.63, 3.8) is 0 Å². The Morgan fingerprint density at radius 2 is 1.44 bits per heavy atom. The van der Waals surface area contributed by atoms with Crippen molar-refractivity contribution >= 4 is 61.2 Å². The SMILES string of the molecule is C1=CCC(C2=NC(c3ccccc3)NC(c3cc4c(oc5cccc(-c6ccc7cc(-c8ccc9c(c8)CCC=C9)ccc7c6)c54)c4ccccc34)=N2)C=C1. The summed E-state index contributed by atoms with van der Waals surface area (Å²) < 4.78 is 6.76. The Bertz CT molecular complexity index is 3000. The van der Waals surface area contributed by atoms with Crippen molar-refractivity contribution in [3.8, 4) is 22.3 Å². The van der Waals surface area contributed by atoms with E-state index in [0.717, 1.165) is 85.9 Å². The van der Waals surface area contributed by atoms with Gasteiger partial charge in [-0.2, -0.15) is 0 Å². The third-order valence-corrected chi connectivity index (χ3v) is 11.5. The molecular formula is C51H37N3O. The van der Waals surface area contributed by atoms with Gasteiger partial charge in [0.05, 0.1) is 0 Å². The molecule has 1 N–H and O–H groups in total. The standard InChI is InChI=1S/C51H37N3O/c1-3-13-33(14-4-1)49-52-50(34-15-5-2-6-16-34)54-51(53-49)44-31-45-47-41(20-11-21-46(47)55-48(45)43-19-10-9-18-42(43)44)40-27-26-38-29-37(24-25-39(38)30-40)36-23-22-32-12-7-8-17-35(32)28-36/h1-7,9-15,18-31,34,49H,8,16-17H2,(H,52,53,54). The summed E-state index contributed by atoms with van der Waals surface area (Å²) in [4.78, 5) is 10.4. The maximum Gasteiger partial charge on any atom is 0.147 e. The number of nitrogens with one attached hydrogen (secondary N) is 1. The van der Waals surface area contributed by atoms with Gasteiger partial charge in [-0.25, -0.2) is 9.98 Å². The topological polar surface area (TPSA) is 49.9 Å². The number of fused-ring (bicyclic) bond motifs is 7. The molecule has 0 amide bonds. The lowest BCUT2D eigenvalue weighted by Crippen LogP contribution is -2.35. The fraction of sp³-hybridized carbons (Fsp3) is 0.0980. The van der Waals surface area contributed by atoms with E-state index >= 15 is 0 Å². The molecular weight excluding hydrogens is 671 g/mol. The number of hydrogen-bond acceptors (Lipinski definition) is 4. The first-order chi connectivity index (χ1) is 27.2. The lowest BCUT2D eigenvalue weighted by atomic mass is 9.91. The summed E-state index contributed by atoms with van der Waals surface area (Å²) in [7, 11) is 0. The molecule has 0 spiro atoms. The monoisotopic (exact) mass is 707 g/mol. The number of nitrogens with zero attached hydrogens (tertiary/aromatic N) is 2. The first-order valence-corrected chi connectivity index (χ1v) is 19.3. The zero-order valence-corrected chi connectivity index (χ0v) is 30.2. The van der Waals surface area contributed by atoms with Gasteiger partial charge in [-0.1, -0.05) is 146 Å². The molecule has 3 aliphatic rings. The lowest BCUT2D eigenvalue weighted by molar-refractivity contribution is 0.659. The average molecular weight is 708 g/mol. The highest BCUT2D eigenvalue weighted by molar-refractivity contribution is 6.25. The molecule has 2 heterocycles. The Hall–Kier alpha value is -6.78. The Labute approximate surface area is 319 Å². The lowest BCUT2D eigenvalue weighted by Gasteiger charge is -2.26. The van der Waals surface area contributed by atoms with Crippen molar-refractivity contribution in [2.24, 2.45) is 15.9 Å². The van der Waals surface area contributed by atoms with Crippen LogP contribution in [0.5, 0.6) is 0 Å². The summed E-state index contributed by atoms with van der Waals surface area (Å²) in [5.74, 6) is 1.78. The van der Waals surface area contributed by atoms with Crippen LogP contribution in [0.1, 0.15) is 41.3 Å². The van der Waals surface area contributed by atoms with Crippen LogP contribution in [-0.2, 0) is 6.42 Å². The van der Waals surface area contributed by atoms with Crippen molar-refractivity contribution in [1.29, 1.82) is 0 Å². The second-order valence-electron chi connectivity index (χ2n) is 14.8. The average Bonchev–Trinajstić information content (AvgIpc) is 3.65. The molecule has 2 atom stereocenters. The molecule has 11 rings (SSSR count). The summed E-state index contributed by atoms with van der Waals surface area (Å²) in [6.45, 7) is 0. The first-order valence-electron chi connectivity index (χ1n) is 19.3. The van der Waals surface area contributed by atoms with E-state index in [1.165, 1.54) is 33.0 Å². The highest BCUT2D eigenvalue weighted by atomic mass is 16.3. The van der Waals surface area contributed by atoms with Gasteiger partial charge in [0.2, 0.25) is 0 Å². The van der Waals surface area contributed by atoms with Gasteiger partial charge in [-0.05, 0) is 98.6 Å². The number of amidine groups is 2. The zero-order chi connectivity index (χ0) is 36.3. The molecule has 1 aromatic heterocycles. The zero-order valence-electron chi connectivity index (χ0n) is 30.2. The molecule has 1 aliphatic heterocycles. The van der Waals surface area contributed by atoms with Gasteiger partial charge in [-0.3, -0.25) is 0 Å². The van der Waals surface area contributed by atoms with Crippen molar-refractivity contribution in [1.82, 2.24) is 5.32 Å². The van der Waals surface area contributed by atoms with E-state index in [4.69, 9.17) is 14.4 Å². The third-order valence-electron chi connectivity index (χ3n) is 11.5. The summed E-state index contributed by atoms with van der Waals surface area (Å²) in [6, 6.07) is 48.2. The van der Waals surface area contributed by atoms with Gasteiger partial charge in [-0.15, -0.1) is 0 Å². The van der Waals surface area contributed by atoms with E-state index in [1.807, 2.05) is 6.07 Å². The normalized spacial score (nSPS) is 17.7. The predicted octanol–water partition coefficient (Wildman–Crippen LogP) is 12.8. The number of allylic oxidation sites excluding steroid dienone is 4. The highest BCUT2D eigenvalue weighted by Crippen LogP contribution is 2.42. The van der Waals surface area contributed by atoms with Gasteiger partial charge < -0.3 is 9.73 Å². The van der Waals surface area contributed by atoms with Gasteiger partial charge in [0, 0.05) is 27.6 Å². The molecule has 0 radical (unpaired) electrons. The van der Waals surface area contributed by atoms with Gasteiger partial charge in [0.1, 0.15) is 29.0 Å². The Balaban J connectivity index is 1.05. The van der Waals surface area contributed by atoms with Crippen molar-refractivity contribution < 1.29 is 4.42 Å². The molecule has 4 nitrogen and oxygen atoms in total. The van der Waals surface area contributed by atoms with Gasteiger partial charge >= 0.3 is 0 Å². The number of hydrogen-bond donors (Lipinski definition) is 1. The van der Waals surface area contributed by atoms with Crippen LogP contribution in [0.4, 0.5) is 0 Å². The van der Waals surface area contributed by atoms with E-state index in [9.17, 15) is 0 Å². The van der Waals surface area contributed by atoms with E-state index in [-0.39, 0.29) is 12.1 Å². The van der Waals surface area contributed by atoms with Crippen LogP contribution in [0.2, 0.25) is 0 Å². The number of aryl methyl sites for hydroxylation is 1. The van der Waals surface area contributed by atoms with Crippen molar-refractivity contribution in [2.45, 2.75) is 25.4 Å². The molecule has 262 valence electrons. The Kier molecular flexibility index (Phi) is 7.48. The third kappa shape index (κ3) is 5.52. The summed E-state index contributed by atoms with van der Waals surface area (Å²) in [6.07, 6.45) is 16.0. The summed E-state index contributed by atoms with van der Waals surface area (Å²) in [5, 5.41) is 10.5. The number of aliphatic imine (C=N–C) groups is 2. The Morgan fingerprint density at radius 1 is 0.636 bits per heavy atom. The van der Waals surface area contributed by atoms with Gasteiger partial charge in [0.25, 0.3) is 0 Å². The minimum Gasteiger partial charge on any atom is -0.455 e. The molecule has 0 saturated heterocycles. The first kappa shape index (κ1) is 31.7. The molecule has 4 heteroatoms. The maximum atomic E-state index is 6.76. The second kappa shape index (κ2) is 13.0. The minimum atomic E-state index is -0.253. The van der Waals surface area contributed by atoms with Gasteiger partial charge in [0.15, 0.2) is 0 Å². The molecule has 55 heavy (non-hydrogen) atoms. The fourth-order valence-electron chi connectivity index (χ4n) is 8.64. The molecule has 0 bridgehead atoms. The largest absolute Gasteiger partial charge is 0.455 e. The molecule has 2 unspecified atom stereocenters. The number of rotatable bonds is 5. The van der Waals surface area contributed by atoms with Crippen LogP contribution in [0.3, 0.4) is 0 Å². The van der Waals surface area contributed by atoms with Crippen molar-refractivity contribution in [3.05, 3.63) is 186 Å².